The Morgan fingerprint density at radius 3 is 2.67 bits per heavy atom. The molecule has 3 heterocycles. The molecule has 13 heteroatoms. The molecule has 1 aliphatic heterocycles. The first-order chi connectivity index (χ1) is 19.3. The number of likely N-dealkylation sites (N-methyl/N-ethyl adjacent to an activating group) is 1. The molecule has 0 saturated carbocycles. The quantitative estimate of drug-likeness (QED) is 0.250. The van der Waals surface area contributed by atoms with E-state index in [2.05, 4.69) is 80.3 Å². The van der Waals surface area contributed by atoms with Crippen LogP contribution in [0.15, 0.2) is 36.7 Å². The highest BCUT2D eigenvalue weighted by Crippen LogP contribution is 2.45. The van der Waals surface area contributed by atoms with Crippen molar-refractivity contribution in [3.05, 3.63) is 47.8 Å². The van der Waals surface area contributed by atoms with E-state index in [0.29, 0.717) is 36.2 Å². The van der Waals surface area contributed by atoms with Gasteiger partial charge in [0.1, 0.15) is 12.3 Å². The lowest BCUT2D eigenvalue weighted by Crippen LogP contribution is -2.45. The highest BCUT2D eigenvalue weighted by molar-refractivity contribution is 7.59. The first kappa shape index (κ1) is 33.3. The van der Waals surface area contributed by atoms with Crippen molar-refractivity contribution in [2.75, 3.05) is 43.4 Å². The van der Waals surface area contributed by atoms with Gasteiger partial charge in [0.2, 0.25) is 5.95 Å². The van der Waals surface area contributed by atoms with Crippen LogP contribution in [0.4, 0.5) is 17.5 Å². The van der Waals surface area contributed by atoms with Crippen LogP contribution >= 0.6 is 13.5 Å². The van der Waals surface area contributed by atoms with Gasteiger partial charge in [-0.15, -0.1) is 0 Å². The van der Waals surface area contributed by atoms with Gasteiger partial charge in [0.25, 0.3) is 0 Å². The molecule has 0 amide bonds. The zero-order chi connectivity index (χ0) is 30.0. The van der Waals surface area contributed by atoms with Gasteiger partial charge < -0.3 is 24.2 Å². The number of fused-ring (bicyclic) bond motifs is 1. The largest absolute Gasteiger partial charge is 0.416 e. The molecule has 0 saturated heterocycles. The van der Waals surface area contributed by atoms with Crippen LogP contribution in [0.5, 0.6) is 0 Å². The summed E-state index contributed by atoms with van der Waals surface area (Å²) in [6.07, 6.45) is 4.31. The van der Waals surface area contributed by atoms with E-state index in [4.69, 9.17) is 9.41 Å². The van der Waals surface area contributed by atoms with Gasteiger partial charge in [-0.25, -0.2) is 9.97 Å². The molecule has 0 bridgehead atoms. The molecule has 1 radical (unpaired) electrons. The Bertz CT molecular complexity index is 1450. The summed E-state index contributed by atoms with van der Waals surface area (Å²) in [6.45, 7) is 16.2. The van der Waals surface area contributed by atoms with Crippen LogP contribution in [-0.2, 0) is 21.7 Å². The Balaban J connectivity index is 0.00000484. The second kappa shape index (κ2) is 13.0. The average molecular weight is 606 g/mol. The second-order valence-electron chi connectivity index (χ2n) is 12.6. The van der Waals surface area contributed by atoms with Crippen molar-refractivity contribution in [3.8, 4) is 17.3 Å². The summed E-state index contributed by atoms with van der Waals surface area (Å²) in [4.78, 5) is 24.8. The minimum absolute atomic E-state index is 0. The summed E-state index contributed by atoms with van der Waals surface area (Å²) in [5, 5.41) is 17.8. The topological polar surface area (TPSA) is 112 Å². The van der Waals surface area contributed by atoms with Gasteiger partial charge in [-0.05, 0) is 48.9 Å². The summed E-state index contributed by atoms with van der Waals surface area (Å²) in [5.74, 6) is 1.06. The highest BCUT2D eigenvalue weighted by atomic mass is 32.1. The van der Waals surface area contributed by atoms with Crippen LogP contribution in [-0.4, -0.2) is 79.9 Å². The highest BCUT2D eigenvalue weighted by Gasteiger charge is 2.42. The summed E-state index contributed by atoms with van der Waals surface area (Å²) < 4.78 is 8.12. The zero-order valence-corrected chi connectivity index (χ0v) is 27.9. The molecule has 1 aromatic carbocycles. The number of carbonyl (C=O) groups is 1. The van der Waals surface area contributed by atoms with Crippen LogP contribution in [0.25, 0.3) is 11.3 Å². The van der Waals surface area contributed by atoms with Gasteiger partial charge in [-0.3, -0.25) is 4.68 Å². The number of rotatable bonds is 11. The third kappa shape index (κ3) is 7.23. The van der Waals surface area contributed by atoms with Crippen LogP contribution < -0.4 is 10.1 Å². The molecule has 2 aromatic heterocycles. The summed E-state index contributed by atoms with van der Waals surface area (Å²) >= 11 is 0. The van der Waals surface area contributed by atoms with Gasteiger partial charge in [0, 0.05) is 68.4 Å². The smallest absolute Gasteiger partial charge is 0.329 e. The predicted molar refractivity (Wildman–Crippen MR) is 177 cm³/mol. The zero-order valence-electron chi connectivity index (χ0n) is 25.9. The molecule has 3 aromatic rings. The van der Waals surface area contributed by atoms with Crippen molar-refractivity contribution in [2.45, 2.75) is 51.2 Å². The van der Waals surface area contributed by atoms with E-state index in [1.54, 1.807) is 10.9 Å². The number of benzene rings is 1. The van der Waals surface area contributed by atoms with Crippen molar-refractivity contribution in [2.24, 2.45) is 7.05 Å². The third-order valence-electron chi connectivity index (χ3n) is 8.19. The molecule has 1 N–H and O–H groups in total. The van der Waals surface area contributed by atoms with E-state index in [1.807, 2.05) is 36.3 Å². The Labute approximate surface area is 258 Å². The standard InChI is InChI=1S/C29H40BN8O2Si.H2S/c1-28(2,3)41(7,8)40-14-13-36(5)18-29(4)19-38(30-20-39)26-22(17-31)15-21(16-23(26)29)24-9-11-32-27(33-24)34-25-10-12-37(6)35-25;/h9-12,15-16,20H,13-14,18-19H2,1-8H3,(H,32,33,34,35);1H2/t29-;/m0./s1. The molecular formula is C29H42BN8O2SSi. The fourth-order valence-electron chi connectivity index (χ4n) is 5.04. The average Bonchev–Trinajstić information content (AvgIpc) is 3.42. The lowest BCUT2D eigenvalue weighted by molar-refractivity contribution is 0.199. The molecule has 42 heavy (non-hydrogen) atoms. The van der Waals surface area contributed by atoms with Crippen molar-refractivity contribution >= 4 is 52.9 Å². The minimum atomic E-state index is -1.84. The third-order valence-corrected chi connectivity index (χ3v) is 12.7. The van der Waals surface area contributed by atoms with E-state index in [9.17, 15) is 10.1 Å². The Kier molecular flexibility index (Phi) is 10.3. The number of hydrogen-bond acceptors (Lipinski definition) is 9. The van der Waals surface area contributed by atoms with Gasteiger partial charge in [0.05, 0.1) is 11.3 Å². The number of aromatic nitrogens is 4. The number of nitrogens with zero attached hydrogens (tertiary/aromatic N) is 7. The maximum Gasteiger partial charge on any atom is 0.329 e. The number of nitrogens with one attached hydrogen (secondary N) is 1. The van der Waals surface area contributed by atoms with Gasteiger partial charge in [-0.2, -0.15) is 23.9 Å². The van der Waals surface area contributed by atoms with Crippen LogP contribution in [0, 0.1) is 11.3 Å². The lowest BCUT2D eigenvalue weighted by atomic mass is 9.82. The molecule has 1 atom stereocenters. The number of hydrogen-bond donors (Lipinski definition) is 1. The van der Waals surface area contributed by atoms with Gasteiger partial charge in [-0.1, -0.05) is 27.7 Å². The summed E-state index contributed by atoms with van der Waals surface area (Å²) in [7, 11) is 3.62. The van der Waals surface area contributed by atoms with Gasteiger partial charge in [0.15, 0.2) is 14.1 Å². The van der Waals surface area contributed by atoms with Crippen molar-refractivity contribution in [3.63, 3.8) is 0 Å². The molecule has 223 valence electrons. The molecule has 0 unspecified atom stereocenters. The first-order valence-electron chi connectivity index (χ1n) is 13.8. The Morgan fingerprint density at radius 1 is 1.31 bits per heavy atom. The lowest BCUT2D eigenvalue weighted by Gasteiger charge is -2.37. The summed E-state index contributed by atoms with van der Waals surface area (Å²) in [6, 6.07) is 9.97. The van der Waals surface area contributed by atoms with E-state index in [0.717, 1.165) is 36.1 Å². The number of anilines is 3. The molecule has 0 spiro atoms. The first-order valence-corrected chi connectivity index (χ1v) is 16.7. The van der Waals surface area contributed by atoms with Crippen molar-refractivity contribution in [1.82, 2.24) is 24.6 Å². The maximum absolute atomic E-state index is 11.6. The van der Waals surface area contributed by atoms with E-state index in [-0.39, 0.29) is 23.9 Å². The number of carbonyl (C=O) groups excluding carboxylic acids is 1. The number of aryl methyl sites for hydroxylation is 1. The van der Waals surface area contributed by atoms with Crippen molar-refractivity contribution in [1.29, 1.82) is 5.26 Å². The van der Waals surface area contributed by atoms with Gasteiger partial charge >= 0.3 is 7.41 Å². The SMILES string of the molecule is CN(CCO[Si](C)(C)C(C)(C)C)C[C@@]1(C)CN([B]C=O)c2c(C#N)cc(-c3ccnc(Nc4ccn(C)n4)n3)cc21.S. The predicted octanol–water partition coefficient (Wildman–Crippen LogP) is 4.45. The van der Waals surface area contributed by atoms with Crippen molar-refractivity contribution < 1.29 is 9.22 Å². The van der Waals surface area contributed by atoms with E-state index in [1.165, 1.54) is 7.41 Å². The van der Waals surface area contributed by atoms with Crippen LogP contribution in [0.1, 0.15) is 38.8 Å². The van der Waals surface area contributed by atoms with E-state index >= 15 is 0 Å². The van der Waals surface area contributed by atoms with Crippen LogP contribution in [0.2, 0.25) is 18.1 Å². The molecule has 1 aliphatic rings. The number of nitriles is 1. The molecule has 0 aliphatic carbocycles. The Morgan fingerprint density at radius 2 is 2.05 bits per heavy atom. The normalized spacial score (nSPS) is 16.5. The second-order valence-corrected chi connectivity index (χ2v) is 17.4. The fourth-order valence-corrected chi connectivity index (χ4v) is 6.07. The molecule has 10 nitrogen and oxygen atoms in total. The van der Waals surface area contributed by atoms with E-state index < -0.39 is 8.32 Å². The summed E-state index contributed by atoms with van der Waals surface area (Å²) in [5.41, 5.74) is 3.45. The monoisotopic (exact) mass is 605 g/mol. The Hall–Kier alpha value is -3.18. The molecular weight excluding hydrogens is 563 g/mol. The molecule has 4 rings (SSSR count). The van der Waals surface area contributed by atoms with Crippen LogP contribution in [0.3, 0.4) is 0 Å². The maximum atomic E-state index is 11.6. The molecule has 0 fully saturated rings. The fraction of sp³-hybridized carbons (Fsp3) is 0.483. The minimum Gasteiger partial charge on any atom is -0.416 e.